The first-order chi connectivity index (χ1) is 9.24. The molecule has 1 N–H and O–H groups in total. The van der Waals surface area contributed by atoms with Gasteiger partial charge in [-0.3, -0.25) is 9.78 Å². The second kappa shape index (κ2) is 6.54. The lowest BCUT2D eigenvalue weighted by molar-refractivity contribution is -0.116. The highest BCUT2D eigenvalue weighted by atomic mass is 16.5. The minimum atomic E-state index is -0.0832. The van der Waals surface area contributed by atoms with Gasteiger partial charge < -0.3 is 10.1 Å². The van der Waals surface area contributed by atoms with E-state index in [1.165, 1.54) is 5.56 Å². The van der Waals surface area contributed by atoms with Crippen molar-refractivity contribution in [1.82, 2.24) is 4.98 Å². The van der Waals surface area contributed by atoms with Gasteiger partial charge in [-0.05, 0) is 31.2 Å². The van der Waals surface area contributed by atoms with Gasteiger partial charge in [0.05, 0.1) is 24.9 Å². The molecule has 0 aliphatic heterocycles. The summed E-state index contributed by atoms with van der Waals surface area (Å²) in [6, 6.07) is 11.3. The molecule has 0 aliphatic rings. The second-order valence-electron chi connectivity index (χ2n) is 4.20. The molecule has 0 radical (unpaired) electrons. The van der Waals surface area contributed by atoms with E-state index in [2.05, 4.69) is 10.3 Å². The van der Waals surface area contributed by atoms with Crippen molar-refractivity contribution in [3.63, 3.8) is 0 Å². The molecule has 1 aromatic carbocycles. The van der Waals surface area contributed by atoms with Gasteiger partial charge in [0.1, 0.15) is 5.75 Å². The minimum absolute atomic E-state index is 0.0832. The minimum Gasteiger partial charge on any atom is -0.493 e. The van der Waals surface area contributed by atoms with Crippen molar-refractivity contribution >= 4 is 11.6 Å². The summed E-state index contributed by atoms with van der Waals surface area (Å²) in [5.74, 6) is 0.694. The molecule has 19 heavy (non-hydrogen) atoms. The molecule has 98 valence electrons. The molecule has 0 saturated heterocycles. The average molecular weight is 256 g/mol. The summed E-state index contributed by atoms with van der Waals surface area (Å²) in [7, 11) is 0. The lowest BCUT2D eigenvalue weighted by Crippen LogP contribution is -2.15. The molecule has 0 spiro atoms. The number of ether oxygens (including phenoxy) is 1. The van der Waals surface area contributed by atoms with Crippen LogP contribution < -0.4 is 10.1 Å². The third-order valence-corrected chi connectivity index (χ3v) is 2.56. The van der Waals surface area contributed by atoms with Crippen molar-refractivity contribution in [2.45, 2.75) is 13.3 Å². The fourth-order valence-corrected chi connectivity index (χ4v) is 1.56. The number of rotatable bonds is 5. The molecule has 0 fully saturated rings. The molecule has 0 unspecified atom stereocenters. The van der Waals surface area contributed by atoms with Crippen molar-refractivity contribution in [3.05, 3.63) is 54.4 Å². The number of benzene rings is 1. The van der Waals surface area contributed by atoms with Gasteiger partial charge >= 0.3 is 0 Å². The van der Waals surface area contributed by atoms with Gasteiger partial charge in [-0.2, -0.15) is 0 Å². The highest BCUT2D eigenvalue weighted by molar-refractivity contribution is 5.90. The number of carbonyl (C=O) groups is 1. The van der Waals surface area contributed by atoms with Crippen LogP contribution in [0, 0.1) is 6.92 Å². The third kappa shape index (κ3) is 4.43. The fraction of sp³-hybridized carbons (Fsp3) is 0.200. The van der Waals surface area contributed by atoms with Crippen LogP contribution in [0.4, 0.5) is 5.69 Å². The van der Waals surface area contributed by atoms with Crippen LogP contribution in [0.1, 0.15) is 12.0 Å². The molecule has 4 heteroatoms. The Kier molecular flexibility index (Phi) is 4.50. The van der Waals surface area contributed by atoms with Crippen LogP contribution in [0.15, 0.2) is 48.8 Å². The van der Waals surface area contributed by atoms with Crippen LogP contribution in [-0.4, -0.2) is 17.5 Å². The van der Waals surface area contributed by atoms with Crippen LogP contribution in [0.2, 0.25) is 0 Å². The number of anilines is 1. The zero-order valence-electron chi connectivity index (χ0n) is 10.8. The molecule has 2 rings (SSSR count). The lowest BCUT2D eigenvalue weighted by atomic mass is 10.2. The van der Waals surface area contributed by atoms with Crippen LogP contribution in [0.25, 0.3) is 0 Å². The standard InChI is InChI=1S/C15H16N2O2/c1-12-4-6-14(7-5-12)19-10-8-15(18)17-13-3-2-9-16-11-13/h2-7,9,11H,8,10H2,1H3,(H,17,18). The lowest BCUT2D eigenvalue weighted by Gasteiger charge is -2.07. The number of nitrogens with zero attached hydrogens (tertiary/aromatic N) is 1. The Labute approximate surface area is 112 Å². The molecule has 0 bridgehead atoms. The zero-order chi connectivity index (χ0) is 13.5. The van der Waals surface area contributed by atoms with Gasteiger partial charge in [0.15, 0.2) is 0 Å². The third-order valence-electron chi connectivity index (χ3n) is 2.56. The van der Waals surface area contributed by atoms with Gasteiger partial charge in [-0.25, -0.2) is 0 Å². The van der Waals surface area contributed by atoms with Gasteiger partial charge in [-0.1, -0.05) is 17.7 Å². The highest BCUT2D eigenvalue weighted by Gasteiger charge is 2.02. The Morgan fingerprint density at radius 2 is 2.05 bits per heavy atom. The first kappa shape index (κ1) is 13.1. The molecule has 1 amide bonds. The van der Waals surface area contributed by atoms with E-state index in [1.807, 2.05) is 31.2 Å². The maximum absolute atomic E-state index is 11.6. The van der Waals surface area contributed by atoms with E-state index in [0.717, 1.165) is 5.75 Å². The maximum Gasteiger partial charge on any atom is 0.227 e. The van der Waals surface area contributed by atoms with Gasteiger partial charge in [0, 0.05) is 6.20 Å². The summed E-state index contributed by atoms with van der Waals surface area (Å²) in [5.41, 5.74) is 1.88. The molecular weight excluding hydrogens is 240 g/mol. The Balaban J connectivity index is 1.74. The monoisotopic (exact) mass is 256 g/mol. The van der Waals surface area contributed by atoms with Crippen molar-refractivity contribution in [1.29, 1.82) is 0 Å². The van der Waals surface area contributed by atoms with Crippen LogP contribution in [0.5, 0.6) is 5.75 Å². The molecular formula is C15H16N2O2. The number of aromatic nitrogens is 1. The smallest absolute Gasteiger partial charge is 0.227 e. The maximum atomic E-state index is 11.6. The van der Waals surface area contributed by atoms with Crippen LogP contribution >= 0.6 is 0 Å². The van der Waals surface area contributed by atoms with Crippen LogP contribution in [0.3, 0.4) is 0 Å². The number of hydrogen-bond acceptors (Lipinski definition) is 3. The predicted octanol–water partition coefficient (Wildman–Crippen LogP) is 2.80. The number of pyridine rings is 1. The van der Waals surface area contributed by atoms with E-state index < -0.39 is 0 Å². The topological polar surface area (TPSA) is 51.2 Å². The average Bonchev–Trinajstić information content (AvgIpc) is 2.42. The summed E-state index contributed by atoms with van der Waals surface area (Å²) >= 11 is 0. The normalized spacial score (nSPS) is 9.95. The molecule has 2 aromatic rings. The van der Waals surface area contributed by atoms with Crippen molar-refractivity contribution < 1.29 is 9.53 Å². The summed E-state index contributed by atoms with van der Waals surface area (Å²) in [6.45, 7) is 2.38. The SMILES string of the molecule is Cc1ccc(OCCC(=O)Nc2cccnc2)cc1. The molecule has 4 nitrogen and oxygen atoms in total. The van der Waals surface area contributed by atoms with Crippen molar-refractivity contribution in [3.8, 4) is 5.75 Å². The highest BCUT2D eigenvalue weighted by Crippen LogP contribution is 2.11. The van der Waals surface area contributed by atoms with Gasteiger partial charge in [0.25, 0.3) is 0 Å². The van der Waals surface area contributed by atoms with Gasteiger partial charge in [-0.15, -0.1) is 0 Å². The summed E-state index contributed by atoms with van der Waals surface area (Å²) in [4.78, 5) is 15.6. The number of aryl methyl sites for hydroxylation is 1. The molecule has 1 heterocycles. The van der Waals surface area contributed by atoms with E-state index in [-0.39, 0.29) is 5.91 Å². The fourth-order valence-electron chi connectivity index (χ4n) is 1.56. The Morgan fingerprint density at radius 3 is 2.74 bits per heavy atom. The predicted molar refractivity (Wildman–Crippen MR) is 74.2 cm³/mol. The first-order valence-corrected chi connectivity index (χ1v) is 6.13. The largest absolute Gasteiger partial charge is 0.493 e. The second-order valence-corrected chi connectivity index (χ2v) is 4.20. The number of hydrogen-bond donors (Lipinski definition) is 1. The molecule has 0 aliphatic carbocycles. The van der Waals surface area contributed by atoms with Crippen molar-refractivity contribution in [2.75, 3.05) is 11.9 Å². The van der Waals surface area contributed by atoms with Crippen molar-refractivity contribution in [2.24, 2.45) is 0 Å². The van der Waals surface area contributed by atoms with E-state index in [0.29, 0.717) is 18.7 Å². The molecule has 0 saturated carbocycles. The van der Waals surface area contributed by atoms with Crippen LogP contribution in [-0.2, 0) is 4.79 Å². The van der Waals surface area contributed by atoms with E-state index >= 15 is 0 Å². The molecule has 0 atom stereocenters. The summed E-state index contributed by atoms with van der Waals surface area (Å²) < 4.78 is 5.49. The number of nitrogens with one attached hydrogen (secondary N) is 1. The van der Waals surface area contributed by atoms with Gasteiger partial charge in [0.2, 0.25) is 5.91 Å². The van der Waals surface area contributed by atoms with E-state index in [1.54, 1.807) is 24.5 Å². The quantitative estimate of drug-likeness (QED) is 0.895. The summed E-state index contributed by atoms with van der Waals surface area (Å²) in [5, 5.41) is 2.76. The van der Waals surface area contributed by atoms with E-state index in [4.69, 9.17) is 4.74 Å². The number of amides is 1. The Morgan fingerprint density at radius 1 is 1.26 bits per heavy atom. The molecule has 1 aromatic heterocycles. The Hall–Kier alpha value is -2.36. The summed E-state index contributed by atoms with van der Waals surface area (Å²) in [6.07, 6.45) is 3.58. The zero-order valence-corrected chi connectivity index (χ0v) is 10.8. The Bertz CT molecular complexity index is 524. The first-order valence-electron chi connectivity index (χ1n) is 6.13. The van der Waals surface area contributed by atoms with E-state index in [9.17, 15) is 4.79 Å². The number of carbonyl (C=O) groups excluding carboxylic acids is 1.